The van der Waals surface area contributed by atoms with Crippen molar-refractivity contribution in [3.8, 4) is 0 Å². The lowest BCUT2D eigenvalue weighted by atomic mass is 10.2. The number of hydrogen-bond acceptors (Lipinski definition) is 4. The predicted molar refractivity (Wildman–Crippen MR) is 86.6 cm³/mol. The standard InChI is InChI=1S/C16H19N3O2S/c20-14-12-10-6-5-7-11(10)22-15(12)18-13(17-14)16(21)19-8-3-1-2-4-9-19/h1-9H2,(H,17,18,20). The van der Waals surface area contributed by atoms with E-state index >= 15 is 0 Å². The summed E-state index contributed by atoms with van der Waals surface area (Å²) in [5.41, 5.74) is 1.00. The van der Waals surface area contributed by atoms with Gasteiger partial charge in [-0.05, 0) is 37.7 Å². The van der Waals surface area contributed by atoms with Crippen LogP contribution in [0.25, 0.3) is 10.2 Å². The van der Waals surface area contributed by atoms with Crippen molar-refractivity contribution in [3.63, 3.8) is 0 Å². The van der Waals surface area contributed by atoms with Gasteiger partial charge in [-0.2, -0.15) is 0 Å². The zero-order valence-corrected chi connectivity index (χ0v) is 13.3. The largest absolute Gasteiger partial charge is 0.336 e. The van der Waals surface area contributed by atoms with Gasteiger partial charge in [-0.25, -0.2) is 4.98 Å². The first-order chi connectivity index (χ1) is 10.7. The lowest BCUT2D eigenvalue weighted by Crippen LogP contribution is -2.34. The Kier molecular flexibility index (Phi) is 3.48. The summed E-state index contributed by atoms with van der Waals surface area (Å²) in [4.78, 5) is 36.1. The van der Waals surface area contributed by atoms with Crippen molar-refractivity contribution in [3.05, 3.63) is 26.6 Å². The number of rotatable bonds is 1. The van der Waals surface area contributed by atoms with Gasteiger partial charge in [0.25, 0.3) is 11.5 Å². The number of thiophene rings is 1. The number of nitrogens with zero attached hydrogens (tertiary/aromatic N) is 2. The van der Waals surface area contributed by atoms with E-state index in [1.54, 1.807) is 11.3 Å². The summed E-state index contributed by atoms with van der Waals surface area (Å²) >= 11 is 1.58. The van der Waals surface area contributed by atoms with Crippen LogP contribution in [0.15, 0.2) is 4.79 Å². The first-order valence-corrected chi connectivity index (χ1v) is 8.89. The molecule has 1 N–H and O–H groups in total. The van der Waals surface area contributed by atoms with Crippen molar-refractivity contribution in [2.75, 3.05) is 13.1 Å². The molecule has 1 fully saturated rings. The van der Waals surface area contributed by atoms with Gasteiger partial charge in [0.1, 0.15) is 4.83 Å². The van der Waals surface area contributed by atoms with Crippen LogP contribution < -0.4 is 5.56 Å². The third-order valence-corrected chi connectivity index (χ3v) is 5.86. The molecule has 4 rings (SSSR count). The second-order valence-corrected chi connectivity index (χ2v) is 7.24. The Bertz CT molecular complexity index is 785. The lowest BCUT2D eigenvalue weighted by molar-refractivity contribution is 0.0749. The molecule has 1 saturated heterocycles. The SMILES string of the molecule is O=C(c1nc2sc3c(c2c(=O)[nH]1)CCC3)N1CCCCCC1. The van der Waals surface area contributed by atoms with Crippen LogP contribution in [0.2, 0.25) is 0 Å². The molecule has 0 saturated carbocycles. The molecular formula is C16H19N3O2S. The van der Waals surface area contributed by atoms with E-state index < -0.39 is 0 Å². The zero-order chi connectivity index (χ0) is 15.1. The quantitative estimate of drug-likeness (QED) is 0.879. The van der Waals surface area contributed by atoms with Gasteiger partial charge in [0.2, 0.25) is 5.82 Å². The molecule has 0 atom stereocenters. The van der Waals surface area contributed by atoms with Gasteiger partial charge in [0, 0.05) is 18.0 Å². The normalized spacial score (nSPS) is 18.5. The molecule has 5 nitrogen and oxygen atoms in total. The second kappa shape index (κ2) is 5.50. The summed E-state index contributed by atoms with van der Waals surface area (Å²) in [6.07, 6.45) is 7.52. The number of nitrogens with one attached hydrogen (secondary N) is 1. The van der Waals surface area contributed by atoms with Crippen LogP contribution >= 0.6 is 11.3 Å². The van der Waals surface area contributed by atoms with Crippen molar-refractivity contribution in [1.29, 1.82) is 0 Å². The van der Waals surface area contributed by atoms with Gasteiger partial charge in [-0.1, -0.05) is 12.8 Å². The molecule has 1 amide bonds. The van der Waals surface area contributed by atoms with Crippen LogP contribution in [0.5, 0.6) is 0 Å². The Balaban J connectivity index is 1.73. The van der Waals surface area contributed by atoms with Crippen LogP contribution in [-0.4, -0.2) is 33.9 Å². The van der Waals surface area contributed by atoms with Crippen LogP contribution in [0.4, 0.5) is 0 Å². The lowest BCUT2D eigenvalue weighted by Gasteiger charge is -2.19. The summed E-state index contributed by atoms with van der Waals surface area (Å²) in [6, 6.07) is 0. The molecule has 0 spiro atoms. The highest BCUT2D eigenvalue weighted by Crippen LogP contribution is 2.34. The fourth-order valence-corrected chi connectivity index (χ4v) is 4.79. The number of likely N-dealkylation sites (tertiary alicyclic amines) is 1. The molecule has 22 heavy (non-hydrogen) atoms. The van der Waals surface area contributed by atoms with Crippen LogP contribution in [0.3, 0.4) is 0 Å². The molecule has 6 heteroatoms. The Morgan fingerprint density at radius 3 is 2.64 bits per heavy atom. The van der Waals surface area contributed by atoms with Crippen LogP contribution in [0, 0.1) is 0 Å². The summed E-state index contributed by atoms with van der Waals surface area (Å²) in [6.45, 7) is 1.53. The van der Waals surface area contributed by atoms with Crippen molar-refractivity contribution < 1.29 is 4.79 Å². The van der Waals surface area contributed by atoms with Crippen LogP contribution in [0.1, 0.15) is 53.2 Å². The van der Waals surface area contributed by atoms with Gasteiger partial charge < -0.3 is 9.88 Å². The molecule has 0 aromatic carbocycles. The van der Waals surface area contributed by atoms with Gasteiger partial charge in [-0.3, -0.25) is 9.59 Å². The van der Waals surface area contributed by atoms with Crippen molar-refractivity contribution >= 4 is 27.5 Å². The topological polar surface area (TPSA) is 66.1 Å². The van der Waals surface area contributed by atoms with E-state index in [1.807, 2.05) is 4.90 Å². The van der Waals surface area contributed by atoms with Gasteiger partial charge in [0.05, 0.1) is 5.39 Å². The zero-order valence-electron chi connectivity index (χ0n) is 12.5. The molecule has 2 aromatic rings. The minimum atomic E-state index is -0.150. The number of carbonyl (C=O) groups is 1. The highest BCUT2D eigenvalue weighted by atomic mass is 32.1. The molecule has 3 heterocycles. The minimum absolute atomic E-state index is 0.130. The second-order valence-electron chi connectivity index (χ2n) is 6.16. The average molecular weight is 317 g/mol. The van der Waals surface area contributed by atoms with E-state index in [2.05, 4.69) is 9.97 Å². The molecule has 1 aliphatic heterocycles. The third-order valence-electron chi connectivity index (χ3n) is 4.67. The molecule has 0 bridgehead atoms. The van der Waals surface area contributed by atoms with Crippen LogP contribution in [-0.2, 0) is 12.8 Å². The molecule has 0 radical (unpaired) electrons. The monoisotopic (exact) mass is 317 g/mol. The molecule has 0 unspecified atom stereocenters. The Hall–Kier alpha value is -1.69. The third kappa shape index (κ3) is 2.26. The van der Waals surface area contributed by atoms with Crippen molar-refractivity contribution in [1.82, 2.24) is 14.9 Å². The number of aromatic nitrogens is 2. The average Bonchev–Trinajstić information content (AvgIpc) is 2.96. The van der Waals surface area contributed by atoms with E-state index in [-0.39, 0.29) is 17.3 Å². The number of amides is 1. The number of H-pyrrole nitrogens is 1. The maximum atomic E-state index is 12.6. The first kappa shape index (κ1) is 13.9. The summed E-state index contributed by atoms with van der Waals surface area (Å²) in [5, 5.41) is 0.713. The molecule has 2 aliphatic rings. The summed E-state index contributed by atoms with van der Waals surface area (Å²) in [5.74, 6) is 0.0776. The first-order valence-electron chi connectivity index (χ1n) is 8.08. The molecule has 116 valence electrons. The van der Waals surface area contributed by atoms with E-state index in [4.69, 9.17) is 0 Å². The maximum Gasteiger partial charge on any atom is 0.289 e. The maximum absolute atomic E-state index is 12.6. The number of fused-ring (bicyclic) bond motifs is 3. The van der Waals surface area contributed by atoms with Gasteiger partial charge in [0.15, 0.2) is 0 Å². The Labute approximate surface area is 132 Å². The van der Waals surface area contributed by atoms with E-state index in [0.717, 1.165) is 55.6 Å². The Morgan fingerprint density at radius 1 is 1.09 bits per heavy atom. The summed E-state index contributed by atoms with van der Waals surface area (Å²) < 4.78 is 0. The number of carbonyl (C=O) groups excluding carboxylic acids is 1. The Morgan fingerprint density at radius 2 is 1.86 bits per heavy atom. The fourth-order valence-electron chi connectivity index (χ4n) is 3.53. The van der Waals surface area contributed by atoms with Gasteiger partial charge in [-0.15, -0.1) is 11.3 Å². The highest BCUT2D eigenvalue weighted by Gasteiger charge is 2.24. The molecule has 1 aliphatic carbocycles. The van der Waals surface area contributed by atoms with Gasteiger partial charge >= 0.3 is 0 Å². The number of aromatic amines is 1. The highest BCUT2D eigenvalue weighted by molar-refractivity contribution is 7.18. The minimum Gasteiger partial charge on any atom is -0.336 e. The van der Waals surface area contributed by atoms with Crippen molar-refractivity contribution in [2.24, 2.45) is 0 Å². The van der Waals surface area contributed by atoms with E-state index in [0.29, 0.717) is 5.39 Å². The number of aryl methyl sites for hydroxylation is 2. The van der Waals surface area contributed by atoms with Crippen molar-refractivity contribution in [2.45, 2.75) is 44.9 Å². The van der Waals surface area contributed by atoms with E-state index in [1.165, 1.54) is 17.7 Å². The molecular weight excluding hydrogens is 298 g/mol. The summed E-state index contributed by atoms with van der Waals surface area (Å²) in [7, 11) is 0. The number of hydrogen-bond donors (Lipinski definition) is 1. The predicted octanol–water partition coefficient (Wildman–Crippen LogP) is 2.49. The smallest absolute Gasteiger partial charge is 0.289 e. The van der Waals surface area contributed by atoms with E-state index in [9.17, 15) is 9.59 Å². The fraction of sp³-hybridized carbons (Fsp3) is 0.562. The molecule has 2 aromatic heterocycles.